The maximum atomic E-state index is 12.1. The number of rotatable bonds is 5. The summed E-state index contributed by atoms with van der Waals surface area (Å²) in [4.78, 5) is 12.1. The maximum Gasteiger partial charge on any atom is 0.222 e. The fourth-order valence-electron chi connectivity index (χ4n) is 2.66. The lowest BCUT2D eigenvalue weighted by molar-refractivity contribution is -0.121. The zero-order chi connectivity index (χ0) is 16.2. The number of aryl methyl sites for hydroxylation is 3. The van der Waals surface area contributed by atoms with Crippen molar-refractivity contribution in [3.63, 3.8) is 0 Å². The van der Waals surface area contributed by atoms with Crippen LogP contribution in [0, 0.1) is 13.8 Å². The zero-order valence-corrected chi connectivity index (χ0v) is 13.5. The van der Waals surface area contributed by atoms with Gasteiger partial charge in [-0.3, -0.25) is 9.48 Å². The van der Waals surface area contributed by atoms with E-state index in [9.17, 15) is 4.79 Å². The molecule has 4 heteroatoms. The van der Waals surface area contributed by atoms with Gasteiger partial charge in [-0.2, -0.15) is 5.10 Å². The summed E-state index contributed by atoms with van der Waals surface area (Å²) in [6, 6.07) is 14.3. The highest BCUT2D eigenvalue weighted by Crippen LogP contribution is 2.15. The Morgan fingerprint density at radius 2 is 2.00 bits per heavy atom. The first-order valence-electron chi connectivity index (χ1n) is 7.87. The molecule has 3 rings (SSSR count). The molecule has 0 spiro atoms. The number of nitrogens with zero attached hydrogens (tertiary/aromatic N) is 2. The first-order valence-corrected chi connectivity index (χ1v) is 7.87. The Morgan fingerprint density at radius 1 is 1.17 bits per heavy atom. The van der Waals surface area contributed by atoms with E-state index in [0.717, 1.165) is 16.5 Å². The highest BCUT2D eigenvalue weighted by molar-refractivity contribution is 5.80. The van der Waals surface area contributed by atoms with E-state index in [4.69, 9.17) is 0 Å². The van der Waals surface area contributed by atoms with E-state index in [-0.39, 0.29) is 5.91 Å². The molecule has 0 bridgehead atoms. The van der Waals surface area contributed by atoms with Gasteiger partial charge in [0.1, 0.15) is 0 Å². The second-order valence-corrected chi connectivity index (χ2v) is 5.88. The topological polar surface area (TPSA) is 46.9 Å². The minimum atomic E-state index is 0.0459. The summed E-state index contributed by atoms with van der Waals surface area (Å²) in [6.45, 7) is 5.28. The van der Waals surface area contributed by atoms with Gasteiger partial charge in [0.05, 0.1) is 18.3 Å². The van der Waals surface area contributed by atoms with Crippen molar-refractivity contribution in [1.82, 2.24) is 15.1 Å². The number of carbonyl (C=O) groups excluding carboxylic acids is 1. The van der Waals surface area contributed by atoms with E-state index >= 15 is 0 Å². The van der Waals surface area contributed by atoms with Crippen molar-refractivity contribution in [3.05, 3.63) is 65.4 Å². The number of fused-ring (bicyclic) bond motifs is 1. The van der Waals surface area contributed by atoms with Crippen LogP contribution in [0.3, 0.4) is 0 Å². The van der Waals surface area contributed by atoms with Gasteiger partial charge in [0.25, 0.3) is 0 Å². The molecule has 1 N–H and O–H groups in total. The Balaban J connectivity index is 1.58. The Morgan fingerprint density at radius 3 is 2.83 bits per heavy atom. The van der Waals surface area contributed by atoms with Gasteiger partial charge in [-0.1, -0.05) is 36.4 Å². The predicted octanol–water partition coefficient (Wildman–Crippen LogP) is 3.36. The third-order valence-electron chi connectivity index (χ3n) is 4.09. The van der Waals surface area contributed by atoms with Crippen molar-refractivity contribution < 1.29 is 4.79 Å². The number of hydrogen-bond donors (Lipinski definition) is 1. The van der Waals surface area contributed by atoms with E-state index in [1.165, 1.54) is 11.1 Å². The highest BCUT2D eigenvalue weighted by Gasteiger charge is 2.07. The summed E-state index contributed by atoms with van der Waals surface area (Å²) in [7, 11) is 0. The van der Waals surface area contributed by atoms with Crippen LogP contribution in [0.25, 0.3) is 10.9 Å². The molecule has 1 amide bonds. The van der Waals surface area contributed by atoms with Crippen molar-refractivity contribution in [3.8, 4) is 0 Å². The predicted molar refractivity (Wildman–Crippen MR) is 92.1 cm³/mol. The van der Waals surface area contributed by atoms with Crippen LogP contribution in [0.1, 0.15) is 23.1 Å². The van der Waals surface area contributed by atoms with Crippen LogP contribution in [0.15, 0.2) is 48.7 Å². The van der Waals surface area contributed by atoms with Gasteiger partial charge in [-0.15, -0.1) is 0 Å². The molecule has 4 nitrogen and oxygen atoms in total. The third-order valence-corrected chi connectivity index (χ3v) is 4.09. The van der Waals surface area contributed by atoms with Crippen LogP contribution >= 0.6 is 0 Å². The molecular weight excluding hydrogens is 286 g/mol. The van der Waals surface area contributed by atoms with Crippen LogP contribution in [-0.2, 0) is 17.9 Å². The number of aromatic nitrogens is 2. The lowest BCUT2D eigenvalue weighted by atomic mass is 10.1. The monoisotopic (exact) mass is 307 g/mol. The van der Waals surface area contributed by atoms with Gasteiger partial charge in [0.2, 0.25) is 5.91 Å². The molecule has 3 aromatic rings. The van der Waals surface area contributed by atoms with Crippen LogP contribution in [0.2, 0.25) is 0 Å². The molecule has 0 atom stereocenters. The maximum absolute atomic E-state index is 12.1. The van der Waals surface area contributed by atoms with E-state index in [2.05, 4.69) is 48.5 Å². The summed E-state index contributed by atoms with van der Waals surface area (Å²) in [5.74, 6) is 0.0459. The van der Waals surface area contributed by atoms with Gasteiger partial charge < -0.3 is 5.32 Å². The summed E-state index contributed by atoms with van der Waals surface area (Å²) < 4.78 is 1.90. The molecule has 0 aliphatic rings. The average molecular weight is 307 g/mol. The first kappa shape index (κ1) is 15.3. The minimum absolute atomic E-state index is 0.0459. The Bertz CT molecular complexity index is 836. The fraction of sp³-hybridized carbons (Fsp3) is 0.263. The molecule has 0 radical (unpaired) electrons. The normalized spacial score (nSPS) is 10.9. The van der Waals surface area contributed by atoms with Crippen molar-refractivity contribution in [2.75, 3.05) is 0 Å². The zero-order valence-electron chi connectivity index (χ0n) is 13.5. The van der Waals surface area contributed by atoms with Crippen LogP contribution in [0.4, 0.5) is 0 Å². The lowest BCUT2D eigenvalue weighted by Gasteiger charge is -2.08. The van der Waals surface area contributed by atoms with Crippen LogP contribution < -0.4 is 5.32 Å². The largest absolute Gasteiger partial charge is 0.352 e. The third kappa shape index (κ3) is 3.59. The summed E-state index contributed by atoms with van der Waals surface area (Å²) in [5.41, 5.74) is 4.63. The number of nitrogens with one attached hydrogen (secondary N) is 1. The van der Waals surface area contributed by atoms with E-state index in [1.807, 2.05) is 29.1 Å². The van der Waals surface area contributed by atoms with Crippen molar-refractivity contribution in [2.45, 2.75) is 33.4 Å². The fourth-order valence-corrected chi connectivity index (χ4v) is 2.66. The second kappa shape index (κ2) is 6.65. The molecule has 1 heterocycles. The van der Waals surface area contributed by atoms with E-state index in [0.29, 0.717) is 19.5 Å². The van der Waals surface area contributed by atoms with Crippen molar-refractivity contribution >= 4 is 16.8 Å². The van der Waals surface area contributed by atoms with Crippen molar-refractivity contribution in [1.29, 1.82) is 0 Å². The molecule has 0 aliphatic heterocycles. The smallest absolute Gasteiger partial charge is 0.222 e. The van der Waals surface area contributed by atoms with Gasteiger partial charge in [0, 0.05) is 18.4 Å². The number of carbonyl (C=O) groups is 1. The molecule has 0 fully saturated rings. The average Bonchev–Trinajstić information content (AvgIpc) is 2.94. The Labute approximate surface area is 136 Å². The molecule has 118 valence electrons. The van der Waals surface area contributed by atoms with E-state index in [1.54, 1.807) is 0 Å². The molecule has 0 unspecified atom stereocenters. The summed E-state index contributed by atoms with van der Waals surface area (Å²) in [5, 5.41) is 8.47. The molecule has 2 aromatic carbocycles. The molecular formula is C19H21N3O. The Hall–Kier alpha value is -2.62. The standard InChI is InChI=1S/C19H21N3O/c1-14-7-8-17-13-21-22(18(17)11-14)10-9-19(23)20-12-16-6-4-3-5-15(16)2/h3-8,11,13H,9-10,12H2,1-2H3,(H,20,23). The quantitative estimate of drug-likeness (QED) is 0.785. The SMILES string of the molecule is Cc1ccc2cnn(CCC(=O)NCc3ccccc3C)c2c1. The van der Waals surface area contributed by atoms with Crippen molar-refractivity contribution in [2.24, 2.45) is 0 Å². The van der Waals surface area contributed by atoms with Gasteiger partial charge >= 0.3 is 0 Å². The van der Waals surface area contributed by atoms with Gasteiger partial charge in [-0.25, -0.2) is 0 Å². The molecule has 0 aliphatic carbocycles. The molecule has 0 saturated carbocycles. The summed E-state index contributed by atoms with van der Waals surface area (Å²) >= 11 is 0. The van der Waals surface area contributed by atoms with E-state index < -0.39 is 0 Å². The lowest BCUT2D eigenvalue weighted by Crippen LogP contribution is -2.24. The molecule has 23 heavy (non-hydrogen) atoms. The first-order chi connectivity index (χ1) is 11.1. The molecule has 0 saturated heterocycles. The molecule has 1 aromatic heterocycles. The minimum Gasteiger partial charge on any atom is -0.352 e. The number of amides is 1. The summed E-state index contributed by atoms with van der Waals surface area (Å²) in [6.07, 6.45) is 2.27. The van der Waals surface area contributed by atoms with Crippen LogP contribution in [0.5, 0.6) is 0 Å². The number of benzene rings is 2. The van der Waals surface area contributed by atoms with Gasteiger partial charge in [0.15, 0.2) is 0 Å². The highest BCUT2D eigenvalue weighted by atomic mass is 16.1. The second-order valence-electron chi connectivity index (χ2n) is 5.88. The number of hydrogen-bond acceptors (Lipinski definition) is 2. The Kier molecular flexibility index (Phi) is 4.42. The van der Waals surface area contributed by atoms with Gasteiger partial charge in [-0.05, 0) is 36.6 Å². The van der Waals surface area contributed by atoms with Crippen LogP contribution in [-0.4, -0.2) is 15.7 Å².